The Morgan fingerprint density at radius 3 is 2.50 bits per heavy atom. The van der Waals surface area contributed by atoms with Crippen molar-refractivity contribution in [3.8, 4) is 0 Å². The number of hydrogen-bond acceptors (Lipinski definition) is 4. The highest BCUT2D eigenvalue weighted by Gasteiger charge is 2.23. The van der Waals surface area contributed by atoms with Crippen molar-refractivity contribution in [2.45, 2.75) is 11.3 Å². The van der Waals surface area contributed by atoms with Gasteiger partial charge < -0.3 is 5.73 Å². The van der Waals surface area contributed by atoms with Crippen molar-refractivity contribution in [3.05, 3.63) is 18.0 Å². The van der Waals surface area contributed by atoms with Gasteiger partial charge in [-0.3, -0.25) is 4.98 Å². The van der Waals surface area contributed by atoms with Gasteiger partial charge in [-0.1, -0.05) is 0 Å². The van der Waals surface area contributed by atoms with Crippen LogP contribution in [0.2, 0.25) is 0 Å². The van der Waals surface area contributed by atoms with E-state index in [-0.39, 0.29) is 5.69 Å². The number of halogens is 3. The lowest BCUT2D eigenvalue weighted by molar-refractivity contribution is 0.142. The molecule has 78 valence electrons. The molecule has 4 nitrogen and oxygen atoms in total. The molecule has 0 aliphatic rings. The summed E-state index contributed by atoms with van der Waals surface area (Å²) >= 11 is 0. The molecule has 0 aliphatic carbocycles. The quantitative estimate of drug-likeness (QED) is 0.798. The summed E-state index contributed by atoms with van der Waals surface area (Å²) in [5.74, 6) is 0. The molecule has 0 aromatic carbocycles. The zero-order valence-corrected chi connectivity index (χ0v) is 8.19. The Morgan fingerprint density at radius 2 is 2.07 bits per heavy atom. The third kappa shape index (κ3) is 2.30. The van der Waals surface area contributed by atoms with Crippen LogP contribution < -0.4 is 5.73 Å². The van der Waals surface area contributed by atoms with E-state index in [0.29, 0.717) is 0 Å². The maximum absolute atomic E-state index is 12.3. The summed E-state index contributed by atoms with van der Waals surface area (Å²) in [6, 6.07) is 0.844. The van der Waals surface area contributed by atoms with Gasteiger partial charge in [-0.15, -0.1) is 0 Å². The number of pyridine rings is 1. The van der Waals surface area contributed by atoms with E-state index in [1.807, 2.05) is 0 Å². The minimum absolute atomic E-state index is 0.0476. The molecule has 0 spiro atoms. The number of nitrogens with zero attached hydrogens (tertiary/aromatic N) is 1. The van der Waals surface area contributed by atoms with Crippen molar-refractivity contribution >= 4 is 25.4 Å². The van der Waals surface area contributed by atoms with Crippen LogP contribution in [0.3, 0.4) is 0 Å². The minimum atomic E-state index is -4.25. The SMILES string of the molecule is Nc1cnc(C(F)F)c(S(=O)(=O)Cl)c1. The van der Waals surface area contributed by atoms with Gasteiger partial charge in [0.05, 0.1) is 11.9 Å². The van der Waals surface area contributed by atoms with Crippen molar-refractivity contribution in [1.29, 1.82) is 0 Å². The molecule has 1 rings (SSSR count). The Labute approximate surface area is 83.1 Å². The second-order valence-electron chi connectivity index (χ2n) is 2.39. The molecule has 0 bridgehead atoms. The van der Waals surface area contributed by atoms with Gasteiger partial charge in [-0.05, 0) is 6.07 Å². The van der Waals surface area contributed by atoms with Gasteiger partial charge in [-0.2, -0.15) is 0 Å². The van der Waals surface area contributed by atoms with Crippen LogP contribution >= 0.6 is 10.7 Å². The fourth-order valence-corrected chi connectivity index (χ4v) is 1.87. The molecule has 8 heteroatoms. The van der Waals surface area contributed by atoms with Crippen molar-refractivity contribution < 1.29 is 17.2 Å². The van der Waals surface area contributed by atoms with Crippen molar-refractivity contribution in [1.82, 2.24) is 4.98 Å². The van der Waals surface area contributed by atoms with Gasteiger partial charge >= 0.3 is 0 Å². The summed E-state index contributed by atoms with van der Waals surface area (Å²) in [4.78, 5) is 2.45. The standard InChI is InChI=1S/C6H5ClF2N2O2S/c7-14(12,13)4-1-3(10)2-11-5(4)6(8)9/h1-2,6H,10H2. The number of alkyl halides is 2. The van der Waals surface area contributed by atoms with E-state index >= 15 is 0 Å². The normalized spacial score (nSPS) is 12.0. The molecule has 0 radical (unpaired) electrons. The molecule has 1 aromatic heterocycles. The van der Waals surface area contributed by atoms with Crippen molar-refractivity contribution in [3.63, 3.8) is 0 Å². The fourth-order valence-electron chi connectivity index (χ4n) is 0.829. The molecule has 0 aliphatic heterocycles. The van der Waals surface area contributed by atoms with Crippen LogP contribution in [0.25, 0.3) is 0 Å². The first kappa shape index (κ1) is 11.1. The summed E-state index contributed by atoms with van der Waals surface area (Å²) < 4.78 is 46.2. The average molecular weight is 243 g/mol. The molecule has 0 atom stereocenters. The summed E-state index contributed by atoms with van der Waals surface area (Å²) in [6.07, 6.45) is -2.08. The first-order valence-electron chi connectivity index (χ1n) is 3.30. The van der Waals surface area contributed by atoms with Gasteiger partial charge in [0.2, 0.25) is 0 Å². The molecular formula is C6H5ClF2N2O2S. The fraction of sp³-hybridized carbons (Fsp3) is 0.167. The molecule has 1 heterocycles. The summed E-state index contributed by atoms with van der Waals surface area (Å²) in [5.41, 5.74) is 4.25. The van der Waals surface area contributed by atoms with E-state index in [9.17, 15) is 17.2 Å². The second kappa shape index (κ2) is 3.66. The number of rotatable bonds is 2. The van der Waals surface area contributed by atoms with Crippen LogP contribution in [-0.2, 0) is 9.05 Å². The van der Waals surface area contributed by atoms with Gasteiger partial charge in [0, 0.05) is 10.7 Å². The Balaban J connectivity index is 3.46. The molecule has 2 N–H and O–H groups in total. The van der Waals surface area contributed by atoms with Gasteiger partial charge in [-0.25, -0.2) is 17.2 Å². The van der Waals surface area contributed by atoms with Crippen LogP contribution in [-0.4, -0.2) is 13.4 Å². The number of aromatic nitrogens is 1. The maximum atomic E-state index is 12.3. The minimum Gasteiger partial charge on any atom is -0.397 e. The van der Waals surface area contributed by atoms with Crippen LogP contribution in [0.1, 0.15) is 12.1 Å². The Morgan fingerprint density at radius 1 is 1.50 bits per heavy atom. The average Bonchev–Trinajstić information content (AvgIpc) is 2.01. The Hall–Kier alpha value is -0.950. The molecule has 0 saturated carbocycles. The first-order chi connectivity index (χ1) is 6.32. The van der Waals surface area contributed by atoms with Crippen LogP contribution in [0, 0.1) is 0 Å². The molecule has 0 unspecified atom stereocenters. The lowest BCUT2D eigenvalue weighted by Crippen LogP contribution is -2.03. The monoisotopic (exact) mass is 242 g/mol. The van der Waals surface area contributed by atoms with Crippen LogP contribution in [0.4, 0.5) is 14.5 Å². The molecule has 0 fully saturated rings. The van der Waals surface area contributed by atoms with E-state index < -0.39 is 26.1 Å². The van der Waals surface area contributed by atoms with E-state index in [2.05, 4.69) is 4.98 Å². The lowest BCUT2D eigenvalue weighted by Gasteiger charge is -2.04. The lowest BCUT2D eigenvalue weighted by atomic mass is 10.3. The zero-order chi connectivity index (χ0) is 10.9. The number of anilines is 1. The van der Waals surface area contributed by atoms with Crippen molar-refractivity contribution in [2.24, 2.45) is 0 Å². The largest absolute Gasteiger partial charge is 0.397 e. The Bertz CT molecular complexity index is 449. The highest BCUT2D eigenvalue weighted by atomic mass is 35.7. The highest BCUT2D eigenvalue weighted by Crippen LogP contribution is 2.27. The second-order valence-corrected chi connectivity index (χ2v) is 4.92. The predicted octanol–water partition coefficient (Wildman–Crippen LogP) is 1.53. The number of nitrogen functional groups attached to an aromatic ring is 1. The summed E-state index contributed by atoms with van der Waals surface area (Å²) in [6.45, 7) is 0. The number of hydrogen-bond donors (Lipinski definition) is 1. The molecule has 0 saturated heterocycles. The topological polar surface area (TPSA) is 73.0 Å². The van der Waals surface area contributed by atoms with Crippen LogP contribution in [0.5, 0.6) is 0 Å². The molecule has 0 amide bonds. The van der Waals surface area contributed by atoms with E-state index in [1.54, 1.807) is 0 Å². The Kier molecular flexibility index (Phi) is 2.91. The highest BCUT2D eigenvalue weighted by molar-refractivity contribution is 8.13. The van der Waals surface area contributed by atoms with E-state index in [4.69, 9.17) is 16.4 Å². The molecule has 1 aromatic rings. The van der Waals surface area contributed by atoms with E-state index in [1.165, 1.54) is 0 Å². The smallest absolute Gasteiger partial charge is 0.281 e. The summed E-state index contributed by atoms with van der Waals surface area (Å²) in [7, 11) is 0.672. The predicted molar refractivity (Wildman–Crippen MR) is 46.6 cm³/mol. The van der Waals surface area contributed by atoms with Crippen LogP contribution in [0.15, 0.2) is 17.2 Å². The zero-order valence-electron chi connectivity index (χ0n) is 6.62. The molecular weight excluding hydrogens is 238 g/mol. The first-order valence-corrected chi connectivity index (χ1v) is 5.61. The maximum Gasteiger partial charge on any atom is 0.281 e. The van der Waals surface area contributed by atoms with Gasteiger partial charge in [0.25, 0.3) is 15.5 Å². The third-order valence-electron chi connectivity index (χ3n) is 1.37. The summed E-state index contributed by atoms with van der Waals surface area (Å²) in [5, 5.41) is 0. The number of nitrogens with two attached hydrogens (primary N) is 1. The van der Waals surface area contributed by atoms with Gasteiger partial charge in [0.15, 0.2) is 0 Å². The van der Waals surface area contributed by atoms with E-state index in [0.717, 1.165) is 12.3 Å². The van der Waals surface area contributed by atoms with Gasteiger partial charge in [0.1, 0.15) is 10.6 Å². The molecule has 14 heavy (non-hydrogen) atoms. The van der Waals surface area contributed by atoms with Crippen molar-refractivity contribution in [2.75, 3.05) is 5.73 Å². The third-order valence-corrected chi connectivity index (χ3v) is 2.72.